The minimum absolute atomic E-state index is 0.0296. The normalized spacial score (nSPS) is 21.4. The van der Waals surface area contributed by atoms with Gasteiger partial charge in [-0.1, -0.05) is 0 Å². The Hall–Kier alpha value is 0.0500. The number of halogens is 1. The van der Waals surface area contributed by atoms with Crippen molar-refractivity contribution in [2.24, 2.45) is 0 Å². The molecule has 102 valence electrons. The van der Waals surface area contributed by atoms with Gasteiger partial charge < -0.3 is 4.74 Å². The zero-order valence-electron chi connectivity index (χ0n) is 10.1. The lowest BCUT2D eigenvalue weighted by atomic mass is 10.1. The molecule has 0 amide bonds. The molecule has 1 aliphatic rings. The third-order valence-electron chi connectivity index (χ3n) is 2.95. The van der Waals surface area contributed by atoms with E-state index < -0.39 is 10.0 Å². The number of rotatable bonds is 4. The number of hydrogen-bond acceptors (Lipinski definition) is 4. The first-order chi connectivity index (χ1) is 8.50. The molecule has 18 heavy (non-hydrogen) atoms. The SMILES string of the molecule is CN(CC1CCCCO1)S(=O)(=O)c1ccc(Br)s1. The summed E-state index contributed by atoms with van der Waals surface area (Å²) in [4.78, 5) is 0. The molecule has 0 bridgehead atoms. The van der Waals surface area contributed by atoms with Gasteiger partial charge >= 0.3 is 0 Å². The standard InChI is InChI=1S/C11H16BrNO3S2/c1-13(8-9-4-2-3-7-16-9)18(14,15)11-6-5-10(12)17-11/h5-6,9H,2-4,7-8H2,1H3. The van der Waals surface area contributed by atoms with Gasteiger partial charge in [0.15, 0.2) is 0 Å². The number of hydrogen-bond donors (Lipinski definition) is 0. The molecule has 0 spiro atoms. The van der Waals surface area contributed by atoms with Crippen LogP contribution in [0.3, 0.4) is 0 Å². The highest BCUT2D eigenvalue weighted by Gasteiger charge is 2.26. The van der Waals surface area contributed by atoms with Gasteiger partial charge in [-0.05, 0) is 47.3 Å². The van der Waals surface area contributed by atoms with Crippen LogP contribution in [0, 0.1) is 0 Å². The monoisotopic (exact) mass is 353 g/mol. The molecule has 4 nitrogen and oxygen atoms in total. The topological polar surface area (TPSA) is 46.6 Å². The minimum atomic E-state index is -3.38. The zero-order valence-corrected chi connectivity index (χ0v) is 13.4. The Morgan fingerprint density at radius 2 is 2.28 bits per heavy atom. The van der Waals surface area contributed by atoms with E-state index in [1.807, 2.05) is 0 Å². The van der Waals surface area contributed by atoms with Crippen LogP contribution in [0.5, 0.6) is 0 Å². The predicted octanol–water partition coefficient (Wildman–Crippen LogP) is 2.70. The molecule has 1 unspecified atom stereocenters. The number of nitrogens with zero attached hydrogens (tertiary/aromatic N) is 1. The maximum Gasteiger partial charge on any atom is 0.252 e. The van der Waals surface area contributed by atoms with Crippen molar-refractivity contribution in [3.05, 3.63) is 15.9 Å². The van der Waals surface area contributed by atoms with Gasteiger partial charge in [0.2, 0.25) is 0 Å². The van der Waals surface area contributed by atoms with Crippen molar-refractivity contribution in [3.8, 4) is 0 Å². The lowest BCUT2D eigenvalue weighted by Crippen LogP contribution is -2.36. The molecule has 1 fully saturated rings. The van der Waals surface area contributed by atoms with Gasteiger partial charge in [0, 0.05) is 20.2 Å². The van der Waals surface area contributed by atoms with Gasteiger partial charge in [0.05, 0.1) is 9.89 Å². The van der Waals surface area contributed by atoms with Crippen molar-refractivity contribution in [1.29, 1.82) is 0 Å². The average molecular weight is 354 g/mol. The van der Waals surface area contributed by atoms with Crippen LogP contribution in [0.25, 0.3) is 0 Å². The number of ether oxygens (including phenoxy) is 1. The van der Waals surface area contributed by atoms with Gasteiger partial charge in [0.1, 0.15) is 4.21 Å². The summed E-state index contributed by atoms with van der Waals surface area (Å²) in [5.41, 5.74) is 0. The summed E-state index contributed by atoms with van der Waals surface area (Å²) in [7, 11) is -1.76. The molecule has 2 rings (SSSR count). The summed E-state index contributed by atoms with van der Waals surface area (Å²) in [6.07, 6.45) is 3.16. The van der Waals surface area contributed by atoms with E-state index in [-0.39, 0.29) is 6.10 Å². The minimum Gasteiger partial charge on any atom is -0.377 e. The van der Waals surface area contributed by atoms with Crippen LogP contribution in [0.4, 0.5) is 0 Å². The lowest BCUT2D eigenvalue weighted by Gasteiger charge is -2.26. The second-order valence-electron chi connectivity index (χ2n) is 4.33. The van der Waals surface area contributed by atoms with E-state index in [4.69, 9.17) is 4.74 Å². The summed E-state index contributed by atoms with van der Waals surface area (Å²) >= 11 is 4.51. The van der Waals surface area contributed by atoms with Crippen molar-refractivity contribution in [2.45, 2.75) is 29.6 Å². The molecule has 0 radical (unpaired) electrons. The van der Waals surface area contributed by atoms with Crippen LogP contribution in [0.1, 0.15) is 19.3 Å². The number of thiophene rings is 1. The average Bonchev–Trinajstić information content (AvgIpc) is 2.78. The Morgan fingerprint density at radius 3 is 2.83 bits per heavy atom. The van der Waals surface area contributed by atoms with Crippen LogP contribution in [-0.2, 0) is 14.8 Å². The fraction of sp³-hybridized carbons (Fsp3) is 0.636. The van der Waals surface area contributed by atoms with E-state index >= 15 is 0 Å². The summed E-state index contributed by atoms with van der Waals surface area (Å²) in [5, 5.41) is 0. The van der Waals surface area contributed by atoms with Crippen LogP contribution in [-0.4, -0.2) is 39.0 Å². The van der Waals surface area contributed by atoms with Crippen molar-refractivity contribution < 1.29 is 13.2 Å². The zero-order chi connectivity index (χ0) is 13.2. The maximum atomic E-state index is 12.3. The molecule has 1 saturated heterocycles. The first kappa shape index (κ1) is 14.5. The van der Waals surface area contributed by atoms with E-state index in [9.17, 15) is 8.42 Å². The van der Waals surface area contributed by atoms with Crippen molar-refractivity contribution in [1.82, 2.24) is 4.31 Å². The van der Waals surface area contributed by atoms with E-state index in [0.717, 1.165) is 29.7 Å². The fourth-order valence-electron chi connectivity index (χ4n) is 1.93. The predicted molar refractivity (Wildman–Crippen MR) is 75.4 cm³/mol. The van der Waals surface area contributed by atoms with Crippen LogP contribution in [0.15, 0.2) is 20.1 Å². The highest BCUT2D eigenvalue weighted by Crippen LogP contribution is 2.28. The molecule has 1 aromatic heterocycles. The van der Waals surface area contributed by atoms with Crippen molar-refractivity contribution >= 4 is 37.3 Å². The molecule has 0 aromatic carbocycles. The van der Waals surface area contributed by atoms with Crippen molar-refractivity contribution in [3.63, 3.8) is 0 Å². The van der Waals surface area contributed by atoms with Gasteiger partial charge in [-0.2, -0.15) is 4.31 Å². The molecule has 0 N–H and O–H groups in total. The van der Waals surface area contributed by atoms with Gasteiger partial charge in [0.25, 0.3) is 10.0 Å². The second kappa shape index (κ2) is 6.00. The Balaban J connectivity index is 2.05. The molecule has 7 heteroatoms. The van der Waals surface area contributed by atoms with Gasteiger partial charge in [-0.15, -0.1) is 11.3 Å². The molecule has 1 atom stereocenters. The molecule has 0 saturated carbocycles. The smallest absolute Gasteiger partial charge is 0.252 e. The third-order valence-corrected chi connectivity index (χ3v) is 6.86. The second-order valence-corrected chi connectivity index (χ2v) is 9.07. The Morgan fingerprint density at radius 1 is 1.50 bits per heavy atom. The first-order valence-electron chi connectivity index (χ1n) is 5.83. The first-order valence-corrected chi connectivity index (χ1v) is 8.88. The molecule has 0 aliphatic carbocycles. The fourth-order valence-corrected chi connectivity index (χ4v) is 5.35. The number of sulfonamides is 1. The Labute approximate surface area is 120 Å². The van der Waals surface area contributed by atoms with E-state index in [0.29, 0.717) is 10.8 Å². The maximum absolute atomic E-state index is 12.3. The van der Waals surface area contributed by atoms with Crippen LogP contribution >= 0.6 is 27.3 Å². The highest BCUT2D eigenvalue weighted by molar-refractivity contribution is 9.11. The highest BCUT2D eigenvalue weighted by atomic mass is 79.9. The summed E-state index contributed by atoms with van der Waals surface area (Å²) < 4.78 is 32.7. The van der Waals surface area contributed by atoms with Gasteiger partial charge in [-0.25, -0.2) is 8.42 Å². The number of likely N-dealkylation sites (N-methyl/N-ethyl adjacent to an activating group) is 1. The molecular weight excluding hydrogens is 338 g/mol. The molecule has 1 aromatic rings. The van der Waals surface area contributed by atoms with Crippen LogP contribution in [0.2, 0.25) is 0 Å². The third kappa shape index (κ3) is 3.33. The molecular formula is C11H16BrNO3S2. The van der Waals surface area contributed by atoms with Crippen LogP contribution < -0.4 is 0 Å². The summed E-state index contributed by atoms with van der Waals surface area (Å²) in [5.74, 6) is 0. The van der Waals surface area contributed by atoms with Gasteiger partial charge in [-0.3, -0.25) is 0 Å². The van der Waals surface area contributed by atoms with E-state index in [2.05, 4.69) is 15.9 Å². The summed E-state index contributed by atoms with van der Waals surface area (Å²) in [6.45, 7) is 1.17. The molecule has 2 heterocycles. The van der Waals surface area contributed by atoms with Crippen molar-refractivity contribution in [2.75, 3.05) is 20.2 Å². The lowest BCUT2D eigenvalue weighted by molar-refractivity contribution is 0.00860. The Bertz CT molecular complexity index is 494. The van der Waals surface area contributed by atoms with E-state index in [1.165, 1.54) is 15.6 Å². The quantitative estimate of drug-likeness (QED) is 0.835. The molecule has 1 aliphatic heterocycles. The van der Waals surface area contributed by atoms with E-state index in [1.54, 1.807) is 19.2 Å². The Kier molecular flexibility index (Phi) is 4.82. The summed E-state index contributed by atoms with van der Waals surface area (Å²) in [6, 6.07) is 3.38. The largest absolute Gasteiger partial charge is 0.377 e.